The van der Waals surface area contributed by atoms with Crippen molar-refractivity contribution in [3.8, 4) is 11.1 Å². The van der Waals surface area contributed by atoms with Crippen LogP contribution in [0.4, 0.5) is 13.2 Å². The highest BCUT2D eigenvalue weighted by atomic mass is 19.4. The van der Waals surface area contributed by atoms with Gasteiger partial charge in [0.15, 0.2) is 5.69 Å². The first-order chi connectivity index (χ1) is 8.30. The predicted octanol–water partition coefficient (Wildman–Crippen LogP) is 3.12. The van der Waals surface area contributed by atoms with Gasteiger partial charge in [-0.25, -0.2) is 0 Å². The van der Waals surface area contributed by atoms with Gasteiger partial charge >= 0.3 is 6.18 Å². The van der Waals surface area contributed by atoms with Crippen molar-refractivity contribution in [3.63, 3.8) is 0 Å². The Morgan fingerprint density at radius 1 is 1.17 bits per heavy atom. The molecule has 0 unspecified atom stereocenters. The lowest BCUT2D eigenvalue weighted by Gasteiger charge is -2.07. The van der Waals surface area contributed by atoms with E-state index in [1.807, 2.05) is 0 Å². The maximum Gasteiger partial charge on any atom is 0.435 e. The summed E-state index contributed by atoms with van der Waals surface area (Å²) in [6.45, 7) is 3.40. The Hall–Kier alpha value is -1.85. The Labute approximate surface area is 102 Å². The van der Waals surface area contributed by atoms with Gasteiger partial charge in [-0.2, -0.15) is 18.3 Å². The highest BCUT2D eigenvalue weighted by Gasteiger charge is 2.38. The van der Waals surface area contributed by atoms with Gasteiger partial charge < -0.3 is 0 Å². The van der Waals surface area contributed by atoms with Crippen molar-refractivity contribution in [1.29, 1.82) is 0 Å². The Kier molecular flexibility index (Phi) is 2.88. The lowest BCUT2D eigenvalue weighted by molar-refractivity contribution is -0.140. The molecule has 0 saturated carbocycles. The molecule has 0 fully saturated rings. The second-order valence-corrected chi connectivity index (χ2v) is 4.18. The molecule has 0 amide bonds. The molecule has 0 N–H and O–H groups in total. The lowest BCUT2D eigenvalue weighted by atomic mass is 10.0. The van der Waals surface area contributed by atoms with E-state index in [0.29, 0.717) is 11.3 Å². The summed E-state index contributed by atoms with van der Waals surface area (Å²) >= 11 is 0. The minimum absolute atomic E-state index is 0.0983. The van der Waals surface area contributed by atoms with Crippen molar-refractivity contribution in [2.45, 2.75) is 20.0 Å². The second kappa shape index (κ2) is 4.12. The molecule has 2 aromatic rings. The van der Waals surface area contributed by atoms with Gasteiger partial charge in [0.1, 0.15) is 0 Å². The average molecular weight is 255 g/mol. The van der Waals surface area contributed by atoms with Gasteiger partial charge in [0.05, 0.1) is 0 Å². The molecule has 0 aliphatic rings. The van der Waals surface area contributed by atoms with Crippen LogP contribution in [0, 0.1) is 13.8 Å². The molecule has 2 heterocycles. The minimum atomic E-state index is -4.47. The van der Waals surface area contributed by atoms with Crippen molar-refractivity contribution >= 4 is 0 Å². The normalized spacial score (nSPS) is 11.9. The van der Waals surface area contributed by atoms with Crippen LogP contribution in [0.15, 0.2) is 18.5 Å². The maximum absolute atomic E-state index is 12.9. The van der Waals surface area contributed by atoms with E-state index in [-0.39, 0.29) is 5.56 Å². The van der Waals surface area contributed by atoms with E-state index < -0.39 is 11.9 Å². The molecule has 96 valence electrons. The first kappa shape index (κ1) is 12.6. The third-order valence-electron chi connectivity index (χ3n) is 2.77. The maximum atomic E-state index is 12.9. The summed E-state index contributed by atoms with van der Waals surface area (Å²) in [7, 11) is 1.50. The van der Waals surface area contributed by atoms with Crippen LogP contribution in [0.3, 0.4) is 0 Å². The molecule has 0 bridgehead atoms. The predicted molar refractivity (Wildman–Crippen MR) is 60.9 cm³/mol. The van der Waals surface area contributed by atoms with Crippen LogP contribution in [0.5, 0.6) is 0 Å². The molecule has 0 aliphatic heterocycles. The van der Waals surface area contributed by atoms with E-state index in [0.717, 1.165) is 5.56 Å². The third kappa shape index (κ3) is 2.10. The largest absolute Gasteiger partial charge is 0.435 e. The number of hydrogen-bond donors (Lipinski definition) is 0. The molecular formula is C12H12F3N3. The van der Waals surface area contributed by atoms with Gasteiger partial charge in [0, 0.05) is 36.3 Å². The summed E-state index contributed by atoms with van der Waals surface area (Å²) in [4.78, 5) is 3.93. The van der Waals surface area contributed by atoms with E-state index in [9.17, 15) is 13.2 Å². The van der Waals surface area contributed by atoms with E-state index in [4.69, 9.17) is 0 Å². The molecule has 2 aromatic heterocycles. The monoisotopic (exact) mass is 255 g/mol. The van der Waals surface area contributed by atoms with E-state index in [1.54, 1.807) is 26.1 Å². The van der Waals surface area contributed by atoms with Crippen LogP contribution >= 0.6 is 0 Å². The van der Waals surface area contributed by atoms with Gasteiger partial charge in [-0.3, -0.25) is 9.67 Å². The number of rotatable bonds is 1. The van der Waals surface area contributed by atoms with E-state index >= 15 is 0 Å². The quantitative estimate of drug-likeness (QED) is 0.783. The molecule has 0 aromatic carbocycles. The number of alkyl halides is 3. The molecule has 0 aliphatic carbocycles. The highest BCUT2D eigenvalue weighted by Crippen LogP contribution is 2.37. The van der Waals surface area contributed by atoms with Crippen molar-refractivity contribution in [2.24, 2.45) is 7.05 Å². The van der Waals surface area contributed by atoms with Gasteiger partial charge in [-0.15, -0.1) is 0 Å². The van der Waals surface area contributed by atoms with Crippen LogP contribution < -0.4 is 0 Å². The van der Waals surface area contributed by atoms with Crippen molar-refractivity contribution in [2.75, 3.05) is 0 Å². The standard InChI is InChI=1S/C12H12F3N3/c1-7-4-9(6-16-5-7)10-8(2)18(3)17-11(10)12(13,14)15/h4-6H,1-3H3. The topological polar surface area (TPSA) is 30.7 Å². The summed E-state index contributed by atoms with van der Waals surface area (Å²) in [5, 5.41) is 3.55. The van der Waals surface area contributed by atoms with Crippen LogP contribution in [0.25, 0.3) is 11.1 Å². The third-order valence-corrected chi connectivity index (χ3v) is 2.77. The first-order valence-corrected chi connectivity index (χ1v) is 5.33. The Bertz CT molecular complexity index is 585. The number of pyridine rings is 1. The van der Waals surface area contributed by atoms with Gasteiger partial charge in [0.25, 0.3) is 0 Å². The Balaban J connectivity index is 2.70. The summed E-state index contributed by atoms with van der Waals surface area (Å²) in [5.41, 5.74) is 0.947. The molecule has 18 heavy (non-hydrogen) atoms. The Morgan fingerprint density at radius 3 is 2.39 bits per heavy atom. The molecule has 0 radical (unpaired) electrons. The van der Waals surface area contributed by atoms with E-state index in [2.05, 4.69) is 10.1 Å². The minimum Gasteiger partial charge on any atom is -0.272 e. The van der Waals surface area contributed by atoms with Crippen molar-refractivity contribution < 1.29 is 13.2 Å². The van der Waals surface area contributed by atoms with Crippen LogP contribution in [-0.2, 0) is 13.2 Å². The summed E-state index contributed by atoms with van der Waals surface area (Å²) in [6.07, 6.45) is -1.44. The zero-order valence-electron chi connectivity index (χ0n) is 10.2. The second-order valence-electron chi connectivity index (χ2n) is 4.18. The molecule has 6 heteroatoms. The first-order valence-electron chi connectivity index (χ1n) is 5.33. The number of aryl methyl sites for hydroxylation is 2. The SMILES string of the molecule is Cc1cncc(-c2c(C(F)(F)F)nn(C)c2C)c1. The van der Waals surface area contributed by atoms with E-state index in [1.165, 1.54) is 17.9 Å². The lowest BCUT2D eigenvalue weighted by Crippen LogP contribution is -2.08. The fourth-order valence-electron chi connectivity index (χ4n) is 1.84. The molecule has 2 rings (SSSR count). The number of aromatic nitrogens is 3. The number of hydrogen-bond acceptors (Lipinski definition) is 2. The Morgan fingerprint density at radius 2 is 1.83 bits per heavy atom. The van der Waals surface area contributed by atoms with Gasteiger partial charge in [0.2, 0.25) is 0 Å². The van der Waals surface area contributed by atoms with Crippen LogP contribution in [-0.4, -0.2) is 14.8 Å². The molecule has 0 saturated heterocycles. The smallest absolute Gasteiger partial charge is 0.272 e. The fourth-order valence-corrected chi connectivity index (χ4v) is 1.84. The highest BCUT2D eigenvalue weighted by molar-refractivity contribution is 5.69. The molecule has 0 atom stereocenters. The zero-order chi connectivity index (χ0) is 13.5. The summed E-state index contributed by atoms with van der Waals surface area (Å²) in [5.74, 6) is 0. The summed E-state index contributed by atoms with van der Waals surface area (Å²) < 4.78 is 40.0. The van der Waals surface area contributed by atoms with Crippen molar-refractivity contribution in [1.82, 2.24) is 14.8 Å². The van der Waals surface area contributed by atoms with Gasteiger partial charge in [-0.1, -0.05) is 0 Å². The number of nitrogens with zero attached hydrogens (tertiary/aromatic N) is 3. The molecule has 0 spiro atoms. The zero-order valence-corrected chi connectivity index (χ0v) is 10.2. The average Bonchev–Trinajstić information content (AvgIpc) is 2.55. The van der Waals surface area contributed by atoms with Crippen molar-refractivity contribution in [3.05, 3.63) is 35.4 Å². The number of halogens is 3. The molecule has 3 nitrogen and oxygen atoms in total. The fraction of sp³-hybridized carbons (Fsp3) is 0.333. The molecular weight excluding hydrogens is 243 g/mol. The van der Waals surface area contributed by atoms with Gasteiger partial charge in [-0.05, 0) is 25.5 Å². The van der Waals surface area contributed by atoms with Crippen LogP contribution in [0.1, 0.15) is 17.0 Å². The summed E-state index contributed by atoms with van der Waals surface area (Å²) in [6, 6.07) is 1.67. The van der Waals surface area contributed by atoms with Crippen LogP contribution in [0.2, 0.25) is 0 Å².